The fraction of sp³-hybridized carbons (Fsp3) is 0.400. The quantitative estimate of drug-likeness (QED) is 0.522. The third kappa shape index (κ3) is 3.83. The third-order valence-corrected chi connectivity index (χ3v) is 2.56. The number of hydrogen-bond acceptors (Lipinski definition) is 1. The summed E-state index contributed by atoms with van der Waals surface area (Å²) in [6.07, 6.45) is 0. The van der Waals surface area contributed by atoms with Crippen molar-refractivity contribution in [3.05, 3.63) is 29.8 Å². The third-order valence-electron chi connectivity index (χ3n) is 1.90. The fourth-order valence-corrected chi connectivity index (χ4v) is 1.49. The van der Waals surface area contributed by atoms with Crippen molar-refractivity contribution in [2.45, 2.75) is 31.1 Å². The number of hydrogen-bond donors (Lipinski definition) is 1. The van der Waals surface area contributed by atoms with Gasteiger partial charge in [-0.1, -0.05) is 32.9 Å². The van der Waals surface area contributed by atoms with E-state index in [2.05, 4.69) is 20.8 Å². The van der Waals surface area contributed by atoms with Crippen LogP contribution < -0.4 is 29.6 Å². The molecular formula is C10H15NaO2S. The first-order valence-electron chi connectivity index (χ1n) is 4.12. The predicted octanol–water partition coefficient (Wildman–Crippen LogP) is -0.319. The van der Waals surface area contributed by atoms with Gasteiger partial charge in [-0.25, -0.2) is 4.21 Å². The van der Waals surface area contributed by atoms with Gasteiger partial charge in [0.2, 0.25) is 0 Å². The maximum absolute atomic E-state index is 10.8. The molecule has 4 heteroatoms. The molecular weight excluding hydrogens is 207 g/mol. The Morgan fingerprint density at radius 2 is 1.93 bits per heavy atom. The van der Waals surface area contributed by atoms with Crippen LogP contribution in [0.3, 0.4) is 0 Å². The molecule has 0 aliphatic carbocycles. The topological polar surface area (TPSA) is 37.3 Å². The molecule has 0 fully saturated rings. The van der Waals surface area contributed by atoms with Crippen molar-refractivity contribution in [2.24, 2.45) is 0 Å². The van der Waals surface area contributed by atoms with E-state index in [-0.39, 0.29) is 36.4 Å². The summed E-state index contributed by atoms with van der Waals surface area (Å²) in [7, 11) is 0. The van der Waals surface area contributed by atoms with E-state index in [1.54, 1.807) is 12.1 Å². The molecule has 1 aromatic carbocycles. The minimum absolute atomic E-state index is 0. The molecule has 0 heterocycles. The molecule has 74 valence electrons. The van der Waals surface area contributed by atoms with Crippen molar-refractivity contribution in [3.8, 4) is 0 Å². The van der Waals surface area contributed by atoms with Crippen molar-refractivity contribution in [2.75, 3.05) is 0 Å². The van der Waals surface area contributed by atoms with Crippen LogP contribution in [-0.4, -0.2) is 8.76 Å². The first kappa shape index (κ1) is 14.3. The van der Waals surface area contributed by atoms with Gasteiger partial charge >= 0.3 is 29.6 Å². The Hall–Kier alpha value is 0.330. The van der Waals surface area contributed by atoms with E-state index in [1.165, 1.54) is 0 Å². The van der Waals surface area contributed by atoms with Crippen LogP contribution in [-0.2, 0) is 16.5 Å². The van der Waals surface area contributed by atoms with Gasteiger partial charge < -0.3 is 5.98 Å². The Labute approximate surface area is 111 Å². The first-order valence-corrected chi connectivity index (χ1v) is 5.23. The second kappa shape index (κ2) is 5.42. The van der Waals surface area contributed by atoms with E-state index in [0.29, 0.717) is 4.90 Å². The molecule has 14 heavy (non-hydrogen) atoms. The molecule has 0 bridgehead atoms. The molecule has 0 aliphatic heterocycles. The Bertz CT molecular complexity index is 336. The Balaban J connectivity index is 0. The zero-order chi connectivity index (χ0) is 10.1. The van der Waals surface area contributed by atoms with Crippen molar-refractivity contribution >= 4 is 11.1 Å². The normalized spacial score (nSPS) is 13.1. The molecule has 1 rings (SSSR count). The molecule has 0 saturated carbocycles. The van der Waals surface area contributed by atoms with Gasteiger partial charge in [0.15, 0.2) is 11.1 Å². The molecule has 1 atom stereocenters. The Morgan fingerprint density at radius 1 is 1.36 bits per heavy atom. The van der Waals surface area contributed by atoms with E-state index in [1.807, 2.05) is 12.1 Å². The van der Waals surface area contributed by atoms with Crippen molar-refractivity contribution in [1.29, 1.82) is 0 Å². The summed E-state index contributed by atoms with van der Waals surface area (Å²) in [5.41, 5.74) is 1.10. The summed E-state index contributed by atoms with van der Waals surface area (Å²) in [5, 5.41) is 0. The second-order valence-corrected chi connectivity index (χ2v) is 5.00. The van der Waals surface area contributed by atoms with Gasteiger partial charge in [0.05, 0.1) is 4.90 Å². The molecule has 0 aromatic heterocycles. The second-order valence-electron chi connectivity index (χ2n) is 4.03. The molecule has 0 amide bonds. The maximum atomic E-state index is 10.8. The van der Waals surface area contributed by atoms with Crippen molar-refractivity contribution in [3.63, 3.8) is 0 Å². The van der Waals surface area contributed by atoms with Crippen molar-refractivity contribution in [1.82, 2.24) is 0 Å². The minimum atomic E-state index is -1.87. The van der Waals surface area contributed by atoms with Gasteiger partial charge in [-0.15, -0.1) is 0 Å². The van der Waals surface area contributed by atoms with E-state index in [0.717, 1.165) is 5.56 Å². The zero-order valence-electron chi connectivity index (χ0n) is 10.1. The summed E-state index contributed by atoms with van der Waals surface area (Å²) in [5.74, 6) is 0. The maximum Gasteiger partial charge on any atom is 1.00 e. The SMILES string of the molecule is CC(C)(C)c1cccc(S(=O)O)c1.[H-].[Na+]. The van der Waals surface area contributed by atoms with Gasteiger partial charge in [-0.2, -0.15) is 0 Å². The van der Waals surface area contributed by atoms with Crippen LogP contribution in [0.2, 0.25) is 0 Å². The van der Waals surface area contributed by atoms with E-state index < -0.39 is 11.1 Å². The molecule has 0 aliphatic rings. The summed E-state index contributed by atoms with van der Waals surface area (Å²) < 4.78 is 19.7. The smallest absolute Gasteiger partial charge is 1.00 e. The van der Waals surface area contributed by atoms with Crippen LogP contribution in [0.25, 0.3) is 0 Å². The molecule has 1 aromatic rings. The monoisotopic (exact) mass is 222 g/mol. The number of rotatable bonds is 1. The largest absolute Gasteiger partial charge is 1.00 e. The van der Waals surface area contributed by atoms with Gasteiger partial charge in [-0.05, 0) is 23.1 Å². The molecule has 1 N–H and O–H groups in total. The molecule has 0 spiro atoms. The Kier molecular flexibility index (Phi) is 5.55. The van der Waals surface area contributed by atoms with Crippen LogP contribution in [0.15, 0.2) is 29.2 Å². The van der Waals surface area contributed by atoms with Crippen LogP contribution in [0.5, 0.6) is 0 Å². The summed E-state index contributed by atoms with van der Waals surface area (Å²) in [6, 6.07) is 7.21. The molecule has 1 unspecified atom stereocenters. The van der Waals surface area contributed by atoms with Gasteiger partial charge in [-0.3, -0.25) is 0 Å². The van der Waals surface area contributed by atoms with Gasteiger partial charge in [0.25, 0.3) is 0 Å². The zero-order valence-corrected chi connectivity index (χ0v) is 11.9. The first-order chi connectivity index (χ1) is 5.91. The van der Waals surface area contributed by atoms with E-state index >= 15 is 0 Å². The summed E-state index contributed by atoms with van der Waals surface area (Å²) >= 11 is -1.87. The summed E-state index contributed by atoms with van der Waals surface area (Å²) in [4.78, 5) is 0.465. The van der Waals surface area contributed by atoms with Gasteiger partial charge in [0, 0.05) is 0 Å². The van der Waals surface area contributed by atoms with Crippen LogP contribution in [0.1, 0.15) is 27.8 Å². The minimum Gasteiger partial charge on any atom is -1.00 e. The number of benzene rings is 1. The average molecular weight is 222 g/mol. The van der Waals surface area contributed by atoms with Crippen molar-refractivity contribution < 1.29 is 39.7 Å². The summed E-state index contributed by atoms with van der Waals surface area (Å²) in [6.45, 7) is 6.23. The van der Waals surface area contributed by atoms with Gasteiger partial charge in [0.1, 0.15) is 0 Å². The molecule has 0 saturated heterocycles. The standard InChI is InChI=1S/C10H14O2S.Na.H/c1-10(2,3)8-5-4-6-9(7-8)13(11)12;;/h4-7H,1-3H3,(H,11,12);;/q;+1;-1. The fourth-order valence-electron chi connectivity index (χ4n) is 1.07. The predicted molar refractivity (Wildman–Crippen MR) is 55.3 cm³/mol. The van der Waals surface area contributed by atoms with Crippen LogP contribution in [0.4, 0.5) is 0 Å². The molecule has 0 radical (unpaired) electrons. The van der Waals surface area contributed by atoms with Crippen LogP contribution in [0, 0.1) is 0 Å². The van der Waals surface area contributed by atoms with E-state index in [4.69, 9.17) is 4.55 Å². The molecule has 2 nitrogen and oxygen atoms in total. The van der Waals surface area contributed by atoms with E-state index in [9.17, 15) is 4.21 Å². The van der Waals surface area contributed by atoms with Crippen LogP contribution >= 0.6 is 0 Å². The average Bonchev–Trinajstić information content (AvgIpc) is 2.03. The Morgan fingerprint density at radius 3 is 2.36 bits per heavy atom.